The fourth-order valence-electron chi connectivity index (χ4n) is 1.56. The second-order valence-electron chi connectivity index (χ2n) is 4.19. The van der Waals surface area contributed by atoms with Gasteiger partial charge in [0.15, 0.2) is 0 Å². The van der Waals surface area contributed by atoms with Crippen LogP contribution in [0.15, 0.2) is 40.6 Å². The van der Waals surface area contributed by atoms with Crippen molar-refractivity contribution in [1.82, 2.24) is 4.90 Å². The minimum Gasteiger partial charge on any atom is -0.340 e. The molecule has 1 aromatic carbocycles. The van der Waals surface area contributed by atoms with E-state index in [0.29, 0.717) is 22.3 Å². The molecule has 1 heterocycles. The van der Waals surface area contributed by atoms with Crippen LogP contribution in [0.4, 0.5) is 0 Å². The Morgan fingerprint density at radius 2 is 2.15 bits per heavy atom. The monoisotopic (exact) mass is 345 g/mol. The van der Waals surface area contributed by atoms with Gasteiger partial charge >= 0.3 is 0 Å². The molecule has 0 radical (unpaired) electrons. The molecule has 0 unspecified atom stereocenters. The van der Waals surface area contributed by atoms with Crippen molar-refractivity contribution in [3.8, 4) is 0 Å². The van der Waals surface area contributed by atoms with Gasteiger partial charge in [0.1, 0.15) is 0 Å². The van der Waals surface area contributed by atoms with Gasteiger partial charge in [-0.15, -0.1) is 23.1 Å². The Kier molecular flexibility index (Phi) is 5.78. The van der Waals surface area contributed by atoms with Crippen molar-refractivity contribution in [3.63, 3.8) is 0 Å². The molecule has 1 amide bonds. The normalized spacial score (nSPS) is 10.6. The first-order valence-corrected chi connectivity index (χ1v) is 8.52. The summed E-state index contributed by atoms with van der Waals surface area (Å²) in [6.07, 6.45) is 0. The highest BCUT2D eigenvalue weighted by atomic mass is 35.5. The van der Waals surface area contributed by atoms with Crippen LogP contribution < -0.4 is 0 Å². The van der Waals surface area contributed by atoms with Gasteiger partial charge in [0.05, 0.1) is 17.3 Å². The maximum atomic E-state index is 12.1. The summed E-state index contributed by atoms with van der Waals surface area (Å²) in [7, 11) is 1.81. The molecule has 0 aliphatic heterocycles. The van der Waals surface area contributed by atoms with Gasteiger partial charge in [-0.25, -0.2) is 0 Å². The molecular formula is C14H13Cl2NOS2. The van der Waals surface area contributed by atoms with E-state index in [1.807, 2.05) is 24.6 Å². The highest BCUT2D eigenvalue weighted by Gasteiger charge is 2.11. The lowest BCUT2D eigenvalue weighted by molar-refractivity contribution is -0.127. The average molecular weight is 346 g/mol. The molecule has 0 spiro atoms. The van der Waals surface area contributed by atoms with Crippen molar-refractivity contribution in [2.24, 2.45) is 0 Å². The van der Waals surface area contributed by atoms with Gasteiger partial charge in [-0.3, -0.25) is 4.79 Å². The van der Waals surface area contributed by atoms with Crippen molar-refractivity contribution in [1.29, 1.82) is 0 Å². The summed E-state index contributed by atoms with van der Waals surface area (Å²) < 4.78 is 0. The van der Waals surface area contributed by atoms with Gasteiger partial charge in [0.25, 0.3) is 0 Å². The summed E-state index contributed by atoms with van der Waals surface area (Å²) in [4.78, 5) is 15.8. The zero-order valence-electron chi connectivity index (χ0n) is 10.8. The third kappa shape index (κ3) is 4.42. The SMILES string of the molecule is CN(Cc1cccs1)C(=O)CSc1cc(Cl)ccc1Cl. The van der Waals surface area contributed by atoms with E-state index in [0.717, 1.165) is 4.90 Å². The Balaban J connectivity index is 1.89. The Hall–Kier alpha value is -0.680. The smallest absolute Gasteiger partial charge is 0.233 e. The topological polar surface area (TPSA) is 20.3 Å². The molecule has 1 aromatic heterocycles. The molecule has 0 saturated heterocycles. The molecule has 106 valence electrons. The van der Waals surface area contributed by atoms with Crippen LogP contribution in [0, 0.1) is 0 Å². The van der Waals surface area contributed by atoms with Gasteiger partial charge in [0.2, 0.25) is 5.91 Å². The summed E-state index contributed by atoms with van der Waals surface area (Å²) in [6.45, 7) is 0.639. The fraction of sp³-hybridized carbons (Fsp3) is 0.214. The average Bonchev–Trinajstić information content (AvgIpc) is 2.92. The predicted octanol–water partition coefficient (Wildman–Crippen LogP) is 4.81. The molecule has 0 atom stereocenters. The van der Waals surface area contributed by atoms with Gasteiger partial charge in [-0.05, 0) is 29.6 Å². The Morgan fingerprint density at radius 1 is 1.35 bits per heavy atom. The number of carbonyl (C=O) groups is 1. The number of hydrogen-bond acceptors (Lipinski definition) is 3. The summed E-state index contributed by atoms with van der Waals surface area (Å²) in [5.41, 5.74) is 0. The molecule has 6 heteroatoms. The van der Waals surface area contributed by atoms with Crippen LogP contribution in [-0.4, -0.2) is 23.6 Å². The van der Waals surface area contributed by atoms with E-state index in [-0.39, 0.29) is 5.91 Å². The summed E-state index contributed by atoms with van der Waals surface area (Å²) in [6, 6.07) is 9.26. The maximum Gasteiger partial charge on any atom is 0.233 e. The standard InChI is InChI=1S/C14H13Cl2NOS2/c1-17(8-11-3-2-6-19-11)14(18)9-20-13-7-10(15)4-5-12(13)16/h2-7H,8-9H2,1H3. The lowest BCUT2D eigenvalue weighted by Crippen LogP contribution is -2.27. The van der Waals surface area contributed by atoms with E-state index in [2.05, 4.69) is 0 Å². The third-order valence-electron chi connectivity index (χ3n) is 2.64. The van der Waals surface area contributed by atoms with Crippen molar-refractivity contribution < 1.29 is 4.79 Å². The Morgan fingerprint density at radius 3 is 2.85 bits per heavy atom. The first-order valence-electron chi connectivity index (χ1n) is 5.90. The predicted molar refractivity (Wildman–Crippen MR) is 88.0 cm³/mol. The number of halogens is 2. The zero-order chi connectivity index (χ0) is 14.5. The molecule has 2 aromatic rings. The molecule has 0 aliphatic carbocycles. The number of rotatable bonds is 5. The molecular weight excluding hydrogens is 333 g/mol. The highest BCUT2D eigenvalue weighted by molar-refractivity contribution is 8.00. The molecule has 0 aliphatic rings. The minimum absolute atomic E-state index is 0.0689. The van der Waals surface area contributed by atoms with Crippen molar-refractivity contribution in [3.05, 3.63) is 50.6 Å². The summed E-state index contributed by atoms with van der Waals surface area (Å²) in [5.74, 6) is 0.418. The van der Waals surface area contributed by atoms with Crippen LogP contribution in [0.1, 0.15) is 4.88 Å². The Labute approximate surface area is 136 Å². The lowest BCUT2D eigenvalue weighted by Gasteiger charge is -2.16. The quantitative estimate of drug-likeness (QED) is 0.725. The van der Waals surface area contributed by atoms with Crippen molar-refractivity contribution in [2.45, 2.75) is 11.4 Å². The van der Waals surface area contributed by atoms with E-state index < -0.39 is 0 Å². The lowest BCUT2D eigenvalue weighted by atomic mass is 10.4. The number of thiophene rings is 1. The largest absolute Gasteiger partial charge is 0.340 e. The summed E-state index contributed by atoms with van der Waals surface area (Å²) in [5, 5.41) is 3.25. The van der Waals surface area contributed by atoms with Crippen molar-refractivity contribution in [2.75, 3.05) is 12.8 Å². The van der Waals surface area contributed by atoms with E-state index in [1.165, 1.54) is 16.6 Å². The number of carbonyl (C=O) groups excluding carboxylic acids is 1. The fourth-order valence-corrected chi connectivity index (χ4v) is 3.75. The van der Waals surface area contributed by atoms with Crippen LogP contribution in [0.5, 0.6) is 0 Å². The van der Waals surface area contributed by atoms with Crippen LogP contribution in [-0.2, 0) is 11.3 Å². The molecule has 2 rings (SSSR count). The van der Waals surface area contributed by atoms with Crippen LogP contribution in [0.25, 0.3) is 0 Å². The van der Waals surface area contributed by atoms with E-state index in [9.17, 15) is 4.79 Å². The summed E-state index contributed by atoms with van der Waals surface area (Å²) >= 11 is 15.0. The van der Waals surface area contributed by atoms with E-state index in [4.69, 9.17) is 23.2 Å². The molecule has 0 fully saturated rings. The van der Waals surface area contributed by atoms with Crippen LogP contribution >= 0.6 is 46.3 Å². The third-order valence-corrected chi connectivity index (χ3v) is 5.22. The first-order chi connectivity index (χ1) is 9.56. The number of amides is 1. The van der Waals surface area contributed by atoms with E-state index in [1.54, 1.807) is 34.4 Å². The van der Waals surface area contributed by atoms with Crippen LogP contribution in [0.2, 0.25) is 10.0 Å². The highest BCUT2D eigenvalue weighted by Crippen LogP contribution is 2.30. The van der Waals surface area contributed by atoms with Gasteiger partial charge < -0.3 is 4.90 Å². The first kappa shape index (κ1) is 15.7. The van der Waals surface area contributed by atoms with Gasteiger partial charge in [-0.2, -0.15) is 0 Å². The molecule has 2 nitrogen and oxygen atoms in total. The second kappa shape index (κ2) is 7.36. The Bertz CT molecular complexity index is 587. The van der Waals surface area contributed by atoms with Crippen molar-refractivity contribution >= 4 is 52.2 Å². The number of hydrogen-bond donors (Lipinski definition) is 0. The zero-order valence-corrected chi connectivity index (χ0v) is 14.0. The van der Waals surface area contributed by atoms with E-state index >= 15 is 0 Å². The van der Waals surface area contributed by atoms with Gasteiger partial charge in [0, 0.05) is 21.8 Å². The molecule has 0 bridgehead atoms. The minimum atomic E-state index is 0.0689. The molecule has 20 heavy (non-hydrogen) atoms. The number of thioether (sulfide) groups is 1. The molecule has 0 saturated carbocycles. The second-order valence-corrected chi connectivity index (χ2v) is 7.09. The van der Waals surface area contributed by atoms with Crippen LogP contribution in [0.3, 0.4) is 0 Å². The molecule has 0 N–H and O–H groups in total. The number of benzene rings is 1. The maximum absolute atomic E-state index is 12.1. The number of nitrogens with zero attached hydrogens (tertiary/aromatic N) is 1. The van der Waals surface area contributed by atoms with Gasteiger partial charge in [-0.1, -0.05) is 29.3 Å².